The summed E-state index contributed by atoms with van der Waals surface area (Å²) in [6.07, 6.45) is 1.56. The maximum Gasteiger partial charge on any atom is 0.220 e. The first-order chi connectivity index (χ1) is 14.0. The van der Waals surface area contributed by atoms with Crippen LogP contribution in [0.15, 0.2) is 91.0 Å². The number of hydrogen-bond acceptors (Lipinski definition) is 1. The summed E-state index contributed by atoms with van der Waals surface area (Å²) >= 11 is 0. The Balaban J connectivity index is 1.94. The van der Waals surface area contributed by atoms with Crippen LogP contribution in [-0.4, -0.2) is 20.0 Å². The summed E-state index contributed by atoms with van der Waals surface area (Å²) in [6, 6.07) is 33.9. The van der Waals surface area contributed by atoms with E-state index in [2.05, 4.69) is 110 Å². The molecule has 1 aliphatic rings. The third-order valence-corrected chi connectivity index (χ3v) is 11.6. The first-order valence-corrected chi connectivity index (χ1v) is 12.7. The van der Waals surface area contributed by atoms with Gasteiger partial charge in [0, 0.05) is 12.5 Å². The average molecular weight is 400 g/mol. The van der Waals surface area contributed by atoms with Crippen molar-refractivity contribution in [3.8, 4) is 0 Å². The topological polar surface area (TPSA) is 29.1 Å². The molecule has 3 heteroatoms. The molecule has 1 amide bonds. The molecule has 29 heavy (non-hydrogen) atoms. The molecule has 0 aliphatic carbocycles. The molecule has 0 aromatic heterocycles. The summed E-state index contributed by atoms with van der Waals surface area (Å²) in [6.45, 7) is 4.61. The van der Waals surface area contributed by atoms with Gasteiger partial charge in [-0.2, -0.15) is 0 Å². The highest BCUT2D eigenvalue weighted by Crippen LogP contribution is 2.35. The predicted molar refractivity (Wildman–Crippen MR) is 124 cm³/mol. The van der Waals surface area contributed by atoms with E-state index in [1.807, 2.05) is 0 Å². The Bertz CT molecular complexity index is 857. The van der Waals surface area contributed by atoms with Gasteiger partial charge in [0.05, 0.1) is 0 Å². The van der Waals surface area contributed by atoms with E-state index < -0.39 is 8.07 Å². The molecule has 148 valence electrons. The number of hydrogen-bond donors (Lipinski definition) is 1. The quantitative estimate of drug-likeness (QED) is 0.517. The zero-order valence-corrected chi connectivity index (χ0v) is 18.3. The number of carbonyl (C=O) groups is 1. The fraction of sp³-hybridized carbons (Fsp3) is 0.269. The van der Waals surface area contributed by atoms with Gasteiger partial charge in [0.25, 0.3) is 0 Å². The summed E-state index contributed by atoms with van der Waals surface area (Å²) in [5.41, 5.74) is 0.0739. The normalized spacial score (nSPS) is 18.8. The zero-order chi connectivity index (χ0) is 20.3. The highest BCUT2D eigenvalue weighted by molar-refractivity contribution is 7.11. The van der Waals surface area contributed by atoms with Crippen molar-refractivity contribution in [2.24, 2.45) is 5.41 Å². The molecule has 1 N–H and O–H groups in total. The third-order valence-electron chi connectivity index (χ3n) is 6.59. The van der Waals surface area contributed by atoms with Gasteiger partial charge in [0.2, 0.25) is 5.91 Å². The molecule has 0 spiro atoms. The van der Waals surface area contributed by atoms with Crippen LogP contribution in [0.4, 0.5) is 0 Å². The van der Waals surface area contributed by atoms with Crippen LogP contribution in [0.25, 0.3) is 0 Å². The van der Waals surface area contributed by atoms with Gasteiger partial charge >= 0.3 is 0 Å². The molecular formula is C26H29NOSi. The Hall–Kier alpha value is -2.65. The number of rotatable bonds is 5. The van der Waals surface area contributed by atoms with Crippen LogP contribution in [0.2, 0.25) is 6.04 Å². The Morgan fingerprint density at radius 1 is 0.793 bits per heavy atom. The molecule has 1 aliphatic heterocycles. The number of amides is 1. The standard InChI is InChI=1S/C26H29NOSi/c1-26(2)19-18-25(28)27-24(26)20-29(21-12-6-3-7-13-21,22-14-8-4-9-15-22)23-16-10-5-11-17-23/h3-17,24H,18-20H2,1-2H3,(H,27,28). The van der Waals surface area contributed by atoms with E-state index in [9.17, 15) is 4.79 Å². The van der Waals surface area contributed by atoms with E-state index in [0.29, 0.717) is 6.42 Å². The van der Waals surface area contributed by atoms with Gasteiger partial charge in [-0.3, -0.25) is 4.79 Å². The van der Waals surface area contributed by atoms with Gasteiger partial charge in [0.15, 0.2) is 0 Å². The van der Waals surface area contributed by atoms with Crippen molar-refractivity contribution < 1.29 is 4.79 Å². The molecule has 2 nitrogen and oxygen atoms in total. The van der Waals surface area contributed by atoms with E-state index in [4.69, 9.17) is 0 Å². The minimum absolute atomic E-state index is 0.0739. The van der Waals surface area contributed by atoms with Crippen molar-refractivity contribution >= 4 is 29.5 Å². The lowest BCUT2D eigenvalue weighted by molar-refractivity contribution is -0.125. The van der Waals surface area contributed by atoms with E-state index >= 15 is 0 Å². The molecule has 0 bridgehead atoms. The molecule has 3 aromatic rings. The van der Waals surface area contributed by atoms with Crippen LogP contribution in [0, 0.1) is 5.41 Å². The smallest absolute Gasteiger partial charge is 0.220 e. The lowest BCUT2D eigenvalue weighted by Crippen LogP contribution is -2.70. The first kappa shape index (κ1) is 19.7. The first-order valence-electron chi connectivity index (χ1n) is 10.5. The van der Waals surface area contributed by atoms with Gasteiger partial charge in [-0.05, 0) is 33.4 Å². The molecule has 0 radical (unpaired) electrons. The number of carbonyl (C=O) groups excluding carboxylic acids is 1. The summed E-state index contributed by atoms with van der Waals surface area (Å²) in [4.78, 5) is 12.4. The van der Waals surface area contributed by atoms with Crippen LogP contribution in [0.5, 0.6) is 0 Å². The Labute approximate surface area is 175 Å². The third kappa shape index (κ3) is 3.79. The molecule has 3 aromatic carbocycles. The van der Waals surface area contributed by atoms with E-state index in [1.165, 1.54) is 15.6 Å². The van der Waals surface area contributed by atoms with Gasteiger partial charge in [-0.15, -0.1) is 0 Å². The van der Waals surface area contributed by atoms with Crippen LogP contribution < -0.4 is 20.9 Å². The summed E-state index contributed by atoms with van der Waals surface area (Å²) in [7, 11) is -2.34. The largest absolute Gasteiger partial charge is 0.353 e. The summed E-state index contributed by atoms with van der Waals surface area (Å²) < 4.78 is 0. The molecule has 1 saturated heterocycles. The van der Waals surface area contributed by atoms with Crippen molar-refractivity contribution in [3.05, 3.63) is 91.0 Å². The minimum atomic E-state index is -2.34. The second-order valence-corrected chi connectivity index (χ2v) is 12.8. The van der Waals surface area contributed by atoms with Gasteiger partial charge in [0.1, 0.15) is 8.07 Å². The monoisotopic (exact) mass is 399 g/mol. The Morgan fingerprint density at radius 3 is 1.62 bits per heavy atom. The van der Waals surface area contributed by atoms with Crippen LogP contribution in [0.3, 0.4) is 0 Å². The van der Waals surface area contributed by atoms with E-state index in [0.717, 1.165) is 12.5 Å². The lowest BCUT2D eigenvalue weighted by Gasteiger charge is -2.45. The molecule has 1 heterocycles. The second kappa shape index (κ2) is 8.00. The SMILES string of the molecule is CC1(C)CCC(=O)NC1C[Si](c1ccccc1)(c1ccccc1)c1ccccc1. The predicted octanol–water partition coefficient (Wildman–Crippen LogP) is 3.46. The van der Waals surface area contributed by atoms with Crippen molar-refractivity contribution in [3.63, 3.8) is 0 Å². The van der Waals surface area contributed by atoms with E-state index in [-0.39, 0.29) is 17.4 Å². The highest BCUT2D eigenvalue weighted by atomic mass is 28.3. The highest BCUT2D eigenvalue weighted by Gasteiger charge is 2.46. The van der Waals surface area contributed by atoms with Gasteiger partial charge in [-0.25, -0.2) is 0 Å². The van der Waals surface area contributed by atoms with Crippen molar-refractivity contribution in [2.45, 2.75) is 38.8 Å². The molecule has 0 saturated carbocycles. The maximum atomic E-state index is 12.4. The van der Waals surface area contributed by atoms with Crippen LogP contribution >= 0.6 is 0 Å². The zero-order valence-electron chi connectivity index (χ0n) is 17.3. The Kier molecular flexibility index (Phi) is 5.42. The average Bonchev–Trinajstić information content (AvgIpc) is 2.76. The molecule has 4 rings (SSSR count). The second-order valence-electron chi connectivity index (χ2n) is 8.82. The molecule has 1 fully saturated rings. The van der Waals surface area contributed by atoms with Crippen molar-refractivity contribution in [1.82, 2.24) is 5.32 Å². The number of nitrogens with one attached hydrogen (secondary N) is 1. The fourth-order valence-corrected chi connectivity index (χ4v) is 9.99. The molecule has 1 unspecified atom stereocenters. The van der Waals surface area contributed by atoms with E-state index in [1.54, 1.807) is 0 Å². The van der Waals surface area contributed by atoms with Crippen molar-refractivity contribution in [1.29, 1.82) is 0 Å². The van der Waals surface area contributed by atoms with Crippen molar-refractivity contribution in [2.75, 3.05) is 0 Å². The maximum absolute atomic E-state index is 12.4. The fourth-order valence-electron chi connectivity index (χ4n) is 4.73. The van der Waals surface area contributed by atoms with Crippen LogP contribution in [0.1, 0.15) is 26.7 Å². The number of benzene rings is 3. The van der Waals surface area contributed by atoms with Crippen LogP contribution in [-0.2, 0) is 4.79 Å². The number of piperidine rings is 1. The minimum Gasteiger partial charge on any atom is -0.353 e. The lowest BCUT2D eigenvalue weighted by atomic mass is 9.78. The molecular weight excluding hydrogens is 370 g/mol. The van der Waals surface area contributed by atoms with Gasteiger partial charge < -0.3 is 5.32 Å². The van der Waals surface area contributed by atoms with Gasteiger partial charge in [-0.1, -0.05) is 105 Å². The summed E-state index contributed by atoms with van der Waals surface area (Å²) in [5, 5.41) is 7.56. The Morgan fingerprint density at radius 2 is 1.21 bits per heavy atom. The summed E-state index contributed by atoms with van der Waals surface area (Å²) in [5.74, 6) is 0.186. The molecule has 1 atom stereocenters.